The first-order valence-electron chi connectivity index (χ1n) is 3.37. The Bertz CT molecular complexity index is 215. The van der Waals surface area contributed by atoms with Gasteiger partial charge in [0, 0.05) is 6.54 Å². The lowest BCUT2D eigenvalue weighted by molar-refractivity contribution is 0.224. The molecular weight excluding hydrogens is 148 g/mol. The van der Waals surface area contributed by atoms with Crippen molar-refractivity contribution in [2.24, 2.45) is 0 Å². The van der Waals surface area contributed by atoms with E-state index in [0.29, 0.717) is 6.54 Å². The lowest BCUT2D eigenvalue weighted by atomic mass is 10.2. The molecule has 2 atom stereocenters. The second kappa shape index (κ2) is 2.01. The zero-order chi connectivity index (χ0) is 7.84. The third-order valence-corrected chi connectivity index (χ3v) is 1.77. The molecule has 4 amide bonds. The van der Waals surface area contributed by atoms with Crippen molar-refractivity contribution in [2.45, 2.75) is 12.2 Å². The molecule has 2 fully saturated rings. The fourth-order valence-electron chi connectivity index (χ4n) is 1.24. The molecular formula is C5H8N4O2. The average molecular weight is 156 g/mol. The van der Waals surface area contributed by atoms with Crippen molar-refractivity contribution in [3.8, 4) is 0 Å². The quantitative estimate of drug-likeness (QED) is 0.337. The van der Waals surface area contributed by atoms with E-state index >= 15 is 0 Å². The largest absolute Gasteiger partial charge is 0.336 e. The molecule has 2 heterocycles. The summed E-state index contributed by atoms with van der Waals surface area (Å²) in [6.45, 7) is 0.481. The van der Waals surface area contributed by atoms with Crippen LogP contribution in [-0.4, -0.2) is 30.8 Å². The Morgan fingerprint density at radius 2 is 1.82 bits per heavy atom. The van der Waals surface area contributed by atoms with Crippen LogP contribution in [0.25, 0.3) is 0 Å². The van der Waals surface area contributed by atoms with E-state index in [2.05, 4.69) is 21.3 Å². The fourth-order valence-corrected chi connectivity index (χ4v) is 1.24. The van der Waals surface area contributed by atoms with Gasteiger partial charge >= 0.3 is 12.1 Å². The van der Waals surface area contributed by atoms with E-state index < -0.39 is 0 Å². The maximum atomic E-state index is 10.7. The van der Waals surface area contributed by atoms with Crippen LogP contribution in [0.1, 0.15) is 0 Å². The molecule has 0 saturated carbocycles. The van der Waals surface area contributed by atoms with E-state index in [1.54, 1.807) is 0 Å². The molecule has 0 aliphatic carbocycles. The van der Waals surface area contributed by atoms with E-state index in [9.17, 15) is 9.59 Å². The van der Waals surface area contributed by atoms with Gasteiger partial charge < -0.3 is 21.3 Å². The zero-order valence-electron chi connectivity index (χ0n) is 5.68. The molecule has 0 aromatic rings. The Morgan fingerprint density at radius 1 is 1.09 bits per heavy atom. The van der Waals surface area contributed by atoms with Gasteiger partial charge in [-0.25, -0.2) is 9.59 Å². The standard InChI is InChI=1S/C5H8N4O2/c10-4-6-1-2-3(8-4)9-5(11)7-2/h2-3H,1H2,(H2,6,8,10)(H2,7,9,11). The third kappa shape index (κ3) is 0.957. The summed E-state index contributed by atoms with van der Waals surface area (Å²) in [7, 11) is 0. The molecule has 0 radical (unpaired) electrons. The van der Waals surface area contributed by atoms with E-state index in [0.717, 1.165) is 0 Å². The number of urea groups is 2. The highest BCUT2D eigenvalue weighted by Crippen LogP contribution is 2.00. The first kappa shape index (κ1) is 6.26. The van der Waals surface area contributed by atoms with Gasteiger partial charge in [0.05, 0.1) is 6.04 Å². The van der Waals surface area contributed by atoms with Crippen LogP contribution >= 0.6 is 0 Å². The molecule has 0 aromatic heterocycles. The van der Waals surface area contributed by atoms with Crippen LogP contribution < -0.4 is 21.3 Å². The normalized spacial score (nSPS) is 34.5. The Morgan fingerprint density at radius 3 is 2.64 bits per heavy atom. The number of carbonyl (C=O) groups excluding carboxylic acids is 2. The maximum Gasteiger partial charge on any atom is 0.316 e. The van der Waals surface area contributed by atoms with Crippen molar-refractivity contribution in [1.29, 1.82) is 0 Å². The lowest BCUT2D eigenvalue weighted by Gasteiger charge is -2.25. The fraction of sp³-hybridized carbons (Fsp3) is 0.600. The number of hydrogen-bond donors (Lipinski definition) is 4. The molecule has 0 aromatic carbocycles. The second-order valence-corrected chi connectivity index (χ2v) is 2.56. The smallest absolute Gasteiger partial charge is 0.316 e. The topological polar surface area (TPSA) is 82.3 Å². The predicted molar refractivity (Wildman–Crippen MR) is 35.8 cm³/mol. The highest BCUT2D eigenvalue weighted by atomic mass is 16.2. The van der Waals surface area contributed by atoms with Gasteiger partial charge in [0.1, 0.15) is 6.17 Å². The molecule has 6 nitrogen and oxygen atoms in total. The highest BCUT2D eigenvalue weighted by molar-refractivity contribution is 5.81. The number of fused-ring (bicyclic) bond motifs is 1. The molecule has 11 heavy (non-hydrogen) atoms. The molecule has 2 unspecified atom stereocenters. The number of carbonyl (C=O) groups is 2. The molecule has 0 bridgehead atoms. The monoisotopic (exact) mass is 156 g/mol. The van der Waals surface area contributed by atoms with Crippen molar-refractivity contribution in [3.63, 3.8) is 0 Å². The van der Waals surface area contributed by atoms with Gasteiger partial charge in [-0.1, -0.05) is 0 Å². The minimum Gasteiger partial charge on any atom is -0.336 e. The minimum atomic E-state index is -0.253. The predicted octanol–water partition coefficient (Wildman–Crippen LogP) is -1.69. The Hall–Kier alpha value is -1.46. The SMILES string of the molecule is O=C1NCC2NC(=O)NC2N1. The molecule has 2 aliphatic rings. The summed E-state index contributed by atoms with van der Waals surface area (Å²) >= 11 is 0. The number of rotatable bonds is 0. The van der Waals surface area contributed by atoms with Gasteiger partial charge in [0.2, 0.25) is 0 Å². The molecule has 2 saturated heterocycles. The molecule has 0 spiro atoms. The minimum absolute atomic E-state index is 0.0276. The molecule has 60 valence electrons. The van der Waals surface area contributed by atoms with Gasteiger partial charge in [0.15, 0.2) is 0 Å². The van der Waals surface area contributed by atoms with Crippen molar-refractivity contribution < 1.29 is 9.59 Å². The van der Waals surface area contributed by atoms with Crippen molar-refractivity contribution in [2.75, 3.05) is 6.54 Å². The average Bonchev–Trinajstić information content (AvgIpc) is 2.27. The number of amides is 4. The summed E-state index contributed by atoms with van der Waals surface area (Å²) < 4.78 is 0. The molecule has 4 N–H and O–H groups in total. The number of nitrogens with one attached hydrogen (secondary N) is 4. The molecule has 2 rings (SSSR count). The number of hydrogen-bond acceptors (Lipinski definition) is 2. The van der Waals surface area contributed by atoms with Crippen molar-refractivity contribution in [1.82, 2.24) is 21.3 Å². The van der Waals surface area contributed by atoms with E-state index in [-0.39, 0.29) is 24.3 Å². The molecule has 6 heteroatoms. The van der Waals surface area contributed by atoms with Crippen LogP contribution in [0, 0.1) is 0 Å². The summed E-state index contributed by atoms with van der Waals surface area (Å²) in [4.78, 5) is 21.4. The summed E-state index contributed by atoms with van der Waals surface area (Å²) in [5.74, 6) is 0. The maximum absolute atomic E-state index is 10.7. The van der Waals surface area contributed by atoms with Crippen molar-refractivity contribution >= 4 is 12.1 Å². The summed E-state index contributed by atoms with van der Waals surface area (Å²) in [6.07, 6.45) is -0.253. The first-order chi connectivity index (χ1) is 5.25. The Kier molecular flexibility index (Phi) is 1.14. The van der Waals surface area contributed by atoms with E-state index in [1.807, 2.05) is 0 Å². The molecule has 2 aliphatic heterocycles. The van der Waals surface area contributed by atoms with Crippen LogP contribution in [0.5, 0.6) is 0 Å². The third-order valence-electron chi connectivity index (χ3n) is 1.77. The van der Waals surface area contributed by atoms with E-state index in [1.165, 1.54) is 0 Å². The van der Waals surface area contributed by atoms with Gasteiger partial charge in [0.25, 0.3) is 0 Å². The summed E-state index contributed by atoms with van der Waals surface area (Å²) in [5.41, 5.74) is 0. The second-order valence-electron chi connectivity index (χ2n) is 2.56. The Labute approximate surface area is 62.7 Å². The Balaban J connectivity index is 2.08. The zero-order valence-corrected chi connectivity index (χ0v) is 5.68. The van der Waals surface area contributed by atoms with Crippen LogP contribution in [0.4, 0.5) is 9.59 Å². The van der Waals surface area contributed by atoms with Crippen LogP contribution in [-0.2, 0) is 0 Å². The van der Waals surface area contributed by atoms with Gasteiger partial charge in [-0.05, 0) is 0 Å². The summed E-state index contributed by atoms with van der Waals surface area (Å²) in [6, 6.07) is -0.501. The van der Waals surface area contributed by atoms with E-state index in [4.69, 9.17) is 0 Å². The van der Waals surface area contributed by atoms with Gasteiger partial charge in [-0.15, -0.1) is 0 Å². The van der Waals surface area contributed by atoms with Gasteiger partial charge in [-0.2, -0.15) is 0 Å². The van der Waals surface area contributed by atoms with Crippen LogP contribution in [0.3, 0.4) is 0 Å². The van der Waals surface area contributed by atoms with Crippen LogP contribution in [0.15, 0.2) is 0 Å². The highest BCUT2D eigenvalue weighted by Gasteiger charge is 2.35. The van der Waals surface area contributed by atoms with Gasteiger partial charge in [-0.3, -0.25) is 0 Å². The van der Waals surface area contributed by atoms with Crippen LogP contribution in [0.2, 0.25) is 0 Å². The van der Waals surface area contributed by atoms with Crippen molar-refractivity contribution in [3.05, 3.63) is 0 Å². The summed E-state index contributed by atoms with van der Waals surface area (Å²) in [5, 5.41) is 10.3. The first-order valence-corrected chi connectivity index (χ1v) is 3.37. The lowest BCUT2D eigenvalue weighted by Crippen LogP contribution is -2.61.